The fraction of sp³-hybridized carbons (Fsp3) is 0.429. The Kier molecular flexibility index (Phi) is 6.22. The van der Waals surface area contributed by atoms with Crippen LogP contribution < -0.4 is 4.90 Å². The molecular formula is C21H25N3O3S2. The molecule has 4 rings (SSSR count). The summed E-state index contributed by atoms with van der Waals surface area (Å²) in [5, 5.41) is 0.653. The fourth-order valence-corrected chi connectivity index (χ4v) is 6.03. The number of rotatable bonds is 5. The highest BCUT2D eigenvalue weighted by Crippen LogP contribution is 2.29. The zero-order valence-corrected chi connectivity index (χ0v) is 17.9. The second-order valence-corrected chi connectivity index (χ2v) is 10.3. The summed E-state index contributed by atoms with van der Waals surface area (Å²) in [6.45, 7) is 1.86. The van der Waals surface area contributed by atoms with E-state index in [0.29, 0.717) is 24.7 Å². The molecule has 0 saturated carbocycles. The molecule has 1 amide bonds. The molecule has 154 valence electrons. The van der Waals surface area contributed by atoms with Gasteiger partial charge in [-0.05, 0) is 43.0 Å². The van der Waals surface area contributed by atoms with E-state index < -0.39 is 10.0 Å². The van der Waals surface area contributed by atoms with E-state index in [1.54, 1.807) is 16.4 Å². The Labute approximate surface area is 176 Å². The van der Waals surface area contributed by atoms with Gasteiger partial charge in [-0.2, -0.15) is 4.31 Å². The Morgan fingerprint density at radius 1 is 1.00 bits per heavy atom. The van der Waals surface area contributed by atoms with Crippen molar-refractivity contribution in [3.63, 3.8) is 0 Å². The summed E-state index contributed by atoms with van der Waals surface area (Å²) < 4.78 is 27.2. The number of sulfonamides is 1. The first kappa shape index (κ1) is 20.4. The number of carbonyl (C=O) groups excluding carboxylic acids is 1. The van der Waals surface area contributed by atoms with Gasteiger partial charge in [0.25, 0.3) is 0 Å². The average Bonchev–Trinajstić information content (AvgIpc) is 2.97. The van der Waals surface area contributed by atoms with Gasteiger partial charge in [0.1, 0.15) is 4.90 Å². The Hall–Kier alpha value is -1.90. The number of thioether (sulfide) groups is 1. The lowest BCUT2D eigenvalue weighted by Crippen LogP contribution is -2.32. The lowest BCUT2D eigenvalue weighted by molar-refractivity contribution is -0.116. The molecule has 0 aliphatic carbocycles. The van der Waals surface area contributed by atoms with Gasteiger partial charge in [0.2, 0.25) is 15.9 Å². The van der Waals surface area contributed by atoms with Crippen LogP contribution in [0, 0.1) is 0 Å². The first-order valence-corrected chi connectivity index (χ1v) is 12.5. The van der Waals surface area contributed by atoms with Gasteiger partial charge in [-0.1, -0.05) is 42.8 Å². The molecule has 2 aliphatic rings. The molecule has 8 heteroatoms. The predicted octanol–water partition coefficient (Wildman–Crippen LogP) is 3.33. The Morgan fingerprint density at radius 3 is 2.48 bits per heavy atom. The van der Waals surface area contributed by atoms with E-state index in [1.165, 1.54) is 23.5 Å². The second kappa shape index (κ2) is 8.85. The van der Waals surface area contributed by atoms with E-state index in [4.69, 9.17) is 0 Å². The van der Waals surface area contributed by atoms with Gasteiger partial charge in [0.05, 0.1) is 10.8 Å². The molecule has 1 aromatic carbocycles. The SMILES string of the molecule is O=C(CSc1ccc(S(=O)(=O)N2CCCCCC2)cn1)N1CCc2ccccc21. The molecule has 0 N–H and O–H groups in total. The second-order valence-electron chi connectivity index (χ2n) is 7.36. The predicted molar refractivity (Wildman–Crippen MR) is 115 cm³/mol. The van der Waals surface area contributed by atoms with Crippen LogP contribution in [0.25, 0.3) is 0 Å². The summed E-state index contributed by atoms with van der Waals surface area (Å²) >= 11 is 1.34. The smallest absolute Gasteiger partial charge is 0.244 e. The van der Waals surface area contributed by atoms with Crippen molar-refractivity contribution in [1.82, 2.24) is 9.29 Å². The number of benzene rings is 1. The highest BCUT2D eigenvalue weighted by molar-refractivity contribution is 7.99. The molecule has 1 aromatic heterocycles. The van der Waals surface area contributed by atoms with E-state index >= 15 is 0 Å². The number of amides is 1. The third-order valence-corrected chi connectivity index (χ3v) is 8.25. The van der Waals surface area contributed by atoms with E-state index in [9.17, 15) is 13.2 Å². The summed E-state index contributed by atoms with van der Waals surface area (Å²) in [6.07, 6.45) is 6.27. The van der Waals surface area contributed by atoms with Crippen LogP contribution in [0.2, 0.25) is 0 Å². The Bertz CT molecular complexity index is 969. The summed E-state index contributed by atoms with van der Waals surface area (Å²) in [7, 11) is -3.49. The number of para-hydroxylation sites is 1. The molecule has 1 fully saturated rings. The maximum Gasteiger partial charge on any atom is 0.244 e. The van der Waals surface area contributed by atoms with Gasteiger partial charge in [0.15, 0.2) is 0 Å². The van der Waals surface area contributed by atoms with Crippen molar-refractivity contribution in [3.8, 4) is 0 Å². The Balaban J connectivity index is 1.38. The van der Waals surface area contributed by atoms with Crippen molar-refractivity contribution >= 4 is 33.4 Å². The average molecular weight is 432 g/mol. The maximum atomic E-state index is 12.8. The van der Waals surface area contributed by atoms with Crippen molar-refractivity contribution in [3.05, 3.63) is 48.2 Å². The third-order valence-electron chi connectivity index (χ3n) is 5.44. The summed E-state index contributed by atoms with van der Waals surface area (Å²) in [5.74, 6) is 0.322. The normalized spacial score (nSPS) is 17.7. The molecule has 6 nitrogen and oxygen atoms in total. The molecule has 0 spiro atoms. The monoisotopic (exact) mass is 431 g/mol. The van der Waals surface area contributed by atoms with E-state index in [2.05, 4.69) is 11.1 Å². The quantitative estimate of drug-likeness (QED) is 0.679. The first-order chi connectivity index (χ1) is 14.1. The number of anilines is 1. The molecule has 2 aromatic rings. The minimum atomic E-state index is -3.49. The first-order valence-electron chi connectivity index (χ1n) is 10.0. The number of aromatic nitrogens is 1. The largest absolute Gasteiger partial charge is 0.311 e. The lowest BCUT2D eigenvalue weighted by Gasteiger charge is -2.19. The van der Waals surface area contributed by atoms with Crippen molar-refractivity contribution in [1.29, 1.82) is 0 Å². The van der Waals surface area contributed by atoms with Gasteiger partial charge in [-0.3, -0.25) is 4.79 Å². The number of nitrogens with zero attached hydrogens (tertiary/aromatic N) is 3. The van der Waals surface area contributed by atoms with Gasteiger partial charge in [-0.15, -0.1) is 0 Å². The van der Waals surface area contributed by atoms with Gasteiger partial charge in [-0.25, -0.2) is 13.4 Å². The molecule has 3 heterocycles. The summed E-state index contributed by atoms with van der Waals surface area (Å²) in [4.78, 5) is 19.0. The molecule has 0 unspecified atom stereocenters. The molecule has 29 heavy (non-hydrogen) atoms. The van der Waals surface area contributed by atoms with Crippen LogP contribution in [0.5, 0.6) is 0 Å². The van der Waals surface area contributed by atoms with Crippen LogP contribution in [0.1, 0.15) is 31.2 Å². The lowest BCUT2D eigenvalue weighted by atomic mass is 10.2. The number of hydrogen-bond donors (Lipinski definition) is 0. The molecule has 1 saturated heterocycles. The Morgan fingerprint density at radius 2 is 1.76 bits per heavy atom. The number of hydrogen-bond acceptors (Lipinski definition) is 5. The van der Waals surface area contributed by atoms with E-state index in [-0.39, 0.29) is 16.6 Å². The standard InChI is InChI=1S/C21H25N3O3S2/c25-21(24-14-11-17-7-3-4-8-19(17)24)16-28-20-10-9-18(15-22-20)29(26,27)23-12-5-1-2-6-13-23/h3-4,7-10,15H,1-2,5-6,11-14,16H2. The topological polar surface area (TPSA) is 70.6 Å². The van der Waals surface area contributed by atoms with Gasteiger partial charge >= 0.3 is 0 Å². The number of carbonyl (C=O) groups is 1. The van der Waals surface area contributed by atoms with Crippen molar-refractivity contribution < 1.29 is 13.2 Å². The zero-order chi connectivity index (χ0) is 20.3. The fourth-order valence-electron chi connectivity index (χ4n) is 3.85. The van der Waals surface area contributed by atoms with Crippen molar-refractivity contribution in [2.45, 2.75) is 42.0 Å². The van der Waals surface area contributed by atoms with E-state index in [0.717, 1.165) is 37.8 Å². The molecule has 2 aliphatic heterocycles. The van der Waals surface area contributed by atoms with Crippen LogP contribution in [-0.2, 0) is 21.2 Å². The number of fused-ring (bicyclic) bond motifs is 1. The van der Waals surface area contributed by atoms with Crippen LogP contribution in [0.15, 0.2) is 52.5 Å². The minimum absolute atomic E-state index is 0.0445. The molecular weight excluding hydrogens is 406 g/mol. The summed E-state index contributed by atoms with van der Waals surface area (Å²) in [5.41, 5.74) is 2.19. The highest BCUT2D eigenvalue weighted by Gasteiger charge is 2.26. The van der Waals surface area contributed by atoms with Crippen LogP contribution in [-0.4, -0.2) is 49.0 Å². The minimum Gasteiger partial charge on any atom is -0.311 e. The van der Waals surface area contributed by atoms with E-state index in [1.807, 2.05) is 23.1 Å². The molecule has 0 radical (unpaired) electrons. The third kappa shape index (κ3) is 4.49. The van der Waals surface area contributed by atoms with Crippen molar-refractivity contribution in [2.24, 2.45) is 0 Å². The maximum absolute atomic E-state index is 12.8. The van der Waals surface area contributed by atoms with Crippen molar-refractivity contribution in [2.75, 3.05) is 30.3 Å². The molecule has 0 atom stereocenters. The summed E-state index contributed by atoms with van der Waals surface area (Å²) in [6, 6.07) is 11.3. The zero-order valence-electron chi connectivity index (χ0n) is 16.3. The van der Waals surface area contributed by atoms with Gasteiger partial charge in [0, 0.05) is 31.5 Å². The number of pyridine rings is 1. The van der Waals surface area contributed by atoms with Gasteiger partial charge < -0.3 is 4.90 Å². The highest BCUT2D eigenvalue weighted by atomic mass is 32.2. The van der Waals surface area contributed by atoms with Crippen LogP contribution in [0.3, 0.4) is 0 Å². The van der Waals surface area contributed by atoms with Crippen LogP contribution in [0.4, 0.5) is 5.69 Å². The van der Waals surface area contributed by atoms with Crippen LogP contribution >= 0.6 is 11.8 Å². The molecule has 0 bridgehead atoms.